The smallest absolute Gasteiger partial charge is 0.223 e. The highest BCUT2D eigenvalue weighted by Gasteiger charge is 2.13. The van der Waals surface area contributed by atoms with Crippen LogP contribution < -0.4 is 10.1 Å². The molecular weight excluding hydrogens is 278 g/mol. The van der Waals surface area contributed by atoms with E-state index < -0.39 is 0 Å². The molecule has 4 heteroatoms. The summed E-state index contributed by atoms with van der Waals surface area (Å²) in [4.78, 5) is 11.8. The molecule has 0 bridgehead atoms. The maximum absolute atomic E-state index is 11.8. The zero-order chi connectivity index (χ0) is 16.7. The van der Waals surface area contributed by atoms with E-state index in [0.29, 0.717) is 13.2 Å². The summed E-state index contributed by atoms with van der Waals surface area (Å²) in [6.45, 7) is 13.0. The van der Waals surface area contributed by atoms with Gasteiger partial charge >= 0.3 is 0 Å². The van der Waals surface area contributed by atoms with E-state index in [1.54, 1.807) is 0 Å². The van der Waals surface area contributed by atoms with E-state index in [-0.39, 0.29) is 18.1 Å². The van der Waals surface area contributed by atoms with Crippen molar-refractivity contribution in [2.45, 2.75) is 60.8 Å². The molecule has 4 nitrogen and oxygen atoms in total. The van der Waals surface area contributed by atoms with Crippen molar-refractivity contribution in [3.05, 3.63) is 28.8 Å². The van der Waals surface area contributed by atoms with Crippen LogP contribution in [0.5, 0.6) is 5.75 Å². The normalized spacial score (nSPS) is 13.5. The van der Waals surface area contributed by atoms with Crippen LogP contribution in [-0.4, -0.2) is 18.8 Å². The molecule has 2 unspecified atom stereocenters. The molecule has 0 aliphatic carbocycles. The van der Waals surface area contributed by atoms with Gasteiger partial charge in [-0.3, -0.25) is 4.79 Å². The lowest BCUT2D eigenvalue weighted by Crippen LogP contribution is -2.28. The van der Waals surface area contributed by atoms with Crippen LogP contribution >= 0.6 is 0 Å². The van der Waals surface area contributed by atoms with Gasteiger partial charge < -0.3 is 14.8 Å². The monoisotopic (exact) mass is 307 g/mol. The van der Waals surface area contributed by atoms with Gasteiger partial charge in [0.1, 0.15) is 5.75 Å². The first-order valence-electron chi connectivity index (χ1n) is 8.05. The molecule has 2 atom stereocenters. The van der Waals surface area contributed by atoms with Crippen molar-refractivity contribution in [2.24, 2.45) is 5.92 Å². The van der Waals surface area contributed by atoms with Crippen molar-refractivity contribution in [1.29, 1.82) is 0 Å². The number of nitrogens with one attached hydrogen (secondary N) is 1. The maximum Gasteiger partial charge on any atom is 0.223 e. The molecular formula is C18H29NO3. The molecule has 1 aromatic rings. The summed E-state index contributed by atoms with van der Waals surface area (Å²) < 4.78 is 11.3. The molecule has 0 saturated heterocycles. The molecule has 0 aromatic heterocycles. The fraction of sp³-hybridized carbons (Fsp3) is 0.611. The number of hydrogen-bond acceptors (Lipinski definition) is 3. The zero-order valence-electron chi connectivity index (χ0n) is 14.7. The van der Waals surface area contributed by atoms with E-state index in [4.69, 9.17) is 9.47 Å². The van der Waals surface area contributed by atoms with Crippen molar-refractivity contribution in [2.75, 3.05) is 6.61 Å². The Morgan fingerprint density at radius 1 is 1.18 bits per heavy atom. The summed E-state index contributed by atoms with van der Waals surface area (Å²) in [5.41, 5.74) is 3.20. The summed E-state index contributed by atoms with van der Waals surface area (Å²) in [6, 6.07) is 4.11. The van der Waals surface area contributed by atoms with Crippen LogP contribution in [-0.2, 0) is 16.1 Å². The minimum Gasteiger partial charge on any atom is -0.465 e. The SMILES string of the molecule is CCOC(C)Oc1c(C)cc(CNC(=O)C(C)CC)cc1C. The van der Waals surface area contributed by atoms with Gasteiger partial charge in [-0.1, -0.05) is 26.0 Å². The van der Waals surface area contributed by atoms with Gasteiger partial charge in [0.15, 0.2) is 6.29 Å². The average Bonchev–Trinajstić information content (AvgIpc) is 2.47. The number of rotatable bonds is 8. The van der Waals surface area contributed by atoms with E-state index in [9.17, 15) is 4.79 Å². The van der Waals surface area contributed by atoms with Crippen LogP contribution in [0.15, 0.2) is 12.1 Å². The van der Waals surface area contributed by atoms with E-state index in [0.717, 1.165) is 28.9 Å². The van der Waals surface area contributed by atoms with Crippen molar-refractivity contribution in [3.8, 4) is 5.75 Å². The number of carbonyl (C=O) groups is 1. The second kappa shape index (κ2) is 8.79. The third kappa shape index (κ3) is 5.34. The van der Waals surface area contributed by atoms with Crippen LogP contribution in [0.25, 0.3) is 0 Å². The van der Waals surface area contributed by atoms with Gasteiger partial charge in [-0.2, -0.15) is 0 Å². The molecule has 0 aliphatic heterocycles. The summed E-state index contributed by atoms with van der Waals surface area (Å²) in [5.74, 6) is 1.01. The molecule has 0 radical (unpaired) electrons. The van der Waals surface area contributed by atoms with Crippen molar-refractivity contribution in [1.82, 2.24) is 5.32 Å². The van der Waals surface area contributed by atoms with E-state index >= 15 is 0 Å². The third-order valence-corrected chi connectivity index (χ3v) is 3.73. The Hall–Kier alpha value is -1.55. The first-order chi connectivity index (χ1) is 10.4. The highest BCUT2D eigenvalue weighted by atomic mass is 16.7. The molecule has 124 valence electrons. The van der Waals surface area contributed by atoms with Crippen molar-refractivity contribution in [3.63, 3.8) is 0 Å². The van der Waals surface area contributed by atoms with Crippen molar-refractivity contribution >= 4 is 5.91 Å². The number of benzene rings is 1. The van der Waals surface area contributed by atoms with Crippen LogP contribution in [0.2, 0.25) is 0 Å². The lowest BCUT2D eigenvalue weighted by molar-refractivity contribution is -0.124. The quantitative estimate of drug-likeness (QED) is 0.744. The van der Waals surface area contributed by atoms with E-state index in [2.05, 4.69) is 17.4 Å². The Labute approximate surface area is 134 Å². The number of hydrogen-bond donors (Lipinski definition) is 1. The highest BCUT2D eigenvalue weighted by Crippen LogP contribution is 2.26. The molecule has 1 aromatic carbocycles. The van der Waals surface area contributed by atoms with Crippen LogP contribution in [0.3, 0.4) is 0 Å². The van der Waals surface area contributed by atoms with Gasteiger partial charge in [0.2, 0.25) is 5.91 Å². The van der Waals surface area contributed by atoms with Crippen LogP contribution in [0.4, 0.5) is 0 Å². The summed E-state index contributed by atoms with van der Waals surface area (Å²) in [5, 5.41) is 2.98. The zero-order valence-corrected chi connectivity index (χ0v) is 14.7. The summed E-state index contributed by atoms with van der Waals surface area (Å²) in [7, 11) is 0. The molecule has 1 N–H and O–H groups in total. The van der Waals surface area contributed by atoms with Crippen LogP contribution in [0, 0.1) is 19.8 Å². The number of amides is 1. The maximum atomic E-state index is 11.8. The summed E-state index contributed by atoms with van der Waals surface area (Å²) >= 11 is 0. The molecule has 0 aliphatic rings. The first kappa shape index (κ1) is 18.5. The second-order valence-electron chi connectivity index (χ2n) is 5.73. The lowest BCUT2D eigenvalue weighted by Gasteiger charge is -2.19. The number of carbonyl (C=O) groups excluding carboxylic acids is 1. The lowest BCUT2D eigenvalue weighted by atomic mass is 10.0. The van der Waals surface area contributed by atoms with Gasteiger partial charge in [0.05, 0.1) is 0 Å². The second-order valence-corrected chi connectivity index (χ2v) is 5.73. The molecule has 0 fully saturated rings. The molecule has 0 saturated carbocycles. The van der Waals surface area contributed by atoms with E-state index in [1.165, 1.54) is 0 Å². The molecule has 22 heavy (non-hydrogen) atoms. The van der Waals surface area contributed by atoms with Crippen molar-refractivity contribution < 1.29 is 14.3 Å². The van der Waals surface area contributed by atoms with Gasteiger partial charge in [-0.25, -0.2) is 0 Å². The Balaban J connectivity index is 2.75. The average molecular weight is 307 g/mol. The van der Waals surface area contributed by atoms with Crippen LogP contribution in [0.1, 0.15) is 50.8 Å². The minimum atomic E-state index is -0.265. The predicted molar refractivity (Wildman–Crippen MR) is 88.9 cm³/mol. The third-order valence-electron chi connectivity index (χ3n) is 3.73. The molecule has 1 rings (SSSR count). The number of ether oxygens (including phenoxy) is 2. The van der Waals surface area contributed by atoms with Gasteiger partial charge in [-0.15, -0.1) is 0 Å². The Morgan fingerprint density at radius 2 is 1.77 bits per heavy atom. The largest absolute Gasteiger partial charge is 0.465 e. The Bertz CT molecular complexity index is 476. The standard InChI is InChI=1S/C18H29NO3/c1-7-12(3)18(20)19-11-16-9-13(4)17(14(5)10-16)22-15(6)21-8-2/h9-10,12,15H,7-8,11H2,1-6H3,(H,19,20). The molecule has 0 heterocycles. The van der Waals surface area contributed by atoms with Gasteiger partial charge in [0, 0.05) is 19.1 Å². The van der Waals surface area contributed by atoms with Gasteiger partial charge in [0.25, 0.3) is 0 Å². The number of aryl methyl sites for hydroxylation is 2. The Morgan fingerprint density at radius 3 is 2.27 bits per heavy atom. The minimum absolute atomic E-state index is 0.0526. The fourth-order valence-corrected chi connectivity index (χ4v) is 2.31. The fourth-order valence-electron chi connectivity index (χ4n) is 2.31. The van der Waals surface area contributed by atoms with E-state index in [1.807, 2.05) is 41.5 Å². The predicted octanol–water partition coefficient (Wildman–Crippen LogP) is 3.73. The molecule has 0 spiro atoms. The Kier molecular flexibility index (Phi) is 7.39. The topological polar surface area (TPSA) is 47.6 Å². The summed E-state index contributed by atoms with van der Waals surface area (Å²) in [6.07, 6.45) is 0.588. The highest BCUT2D eigenvalue weighted by molar-refractivity contribution is 5.78. The first-order valence-corrected chi connectivity index (χ1v) is 8.05. The molecule has 1 amide bonds. The van der Waals surface area contributed by atoms with Gasteiger partial charge in [-0.05, 0) is 50.8 Å².